The Bertz CT molecular complexity index is 816. The average molecular weight is 342 g/mol. The first-order chi connectivity index (χ1) is 12.0. The Morgan fingerprint density at radius 2 is 2.04 bits per heavy atom. The molecule has 0 spiro atoms. The summed E-state index contributed by atoms with van der Waals surface area (Å²) in [6.07, 6.45) is 1.37. The number of hydrogen-bond donors (Lipinski definition) is 1. The van der Waals surface area contributed by atoms with Crippen molar-refractivity contribution in [1.82, 2.24) is 14.5 Å². The van der Waals surface area contributed by atoms with Gasteiger partial charge in [-0.05, 0) is 44.4 Å². The zero-order valence-electron chi connectivity index (χ0n) is 15.2. The van der Waals surface area contributed by atoms with Crippen molar-refractivity contribution in [2.75, 3.05) is 24.7 Å². The molecule has 0 amide bonds. The molecule has 0 fully saturated rings. The van der Waals surface area contributed by atoms with Crippen LogP contribution in [-0.4, -0.2) is 39.4 Å². The van der Waals surface area contributed by atoms with Gasteiger partial charge in [-0.2, -0.15) is 0 Å². The largest absolute Gasteiger partial charge is 0.396 e. The van der Waals surface area contributed by atoms with E-state index in [1.807, 2.05) is 26.0 Å². The van der Waals surface area contributed by atoms with E-state index in [1.54, 1.807) is 4.57 Å². The molecule has 6 nitrogen and oxygen atoms in total. The smallest absolute Gasteiger partial charge is 0.259 e. The van der Waals surface area contributed by atoms with Gasteiger partial charge in [0.05, 0.1) is 13.3 Å². The molecule has 1 aromatic carbocycles. The predicted molar refractivity (Wildman–Crippen MR) is 99.2 cm³/mol. The van der Waals surface area contributed by atoms with Gasteiger partial charge in [-0.3, -0.25) is 19.2 Å². The van der Waals surface area contributed by atoms with Crippen molar-refractivity contribution < 1.29 is 5.11 Å². The number of nitrogens with zero attached hydrogens (tertiary/aromatic N) is 4. The summed E-state index contributed by atoms with van der Waals surface area (Å²) in [5, 5.41) is 9.16. The average Bonchev–Trinajstić information content (AvgIpc) is 2.60. The van der Waals surface area contributed by atoms with Gasteiger partial charge in [0.1, 0.15) is 0 Å². The number of aromatic nitrogens is 2. The molecule has 1 aliphatic rings. The molecule has 1 N–H and O–H groups in total. The van der Waals surface area contributed by atoms with Crippen molar-refractivity contribution in [3.8, 4) is 0 Å². The fourth-order valence-electron chi connectivity index (χ4n) is 3.36. The van der Waals surface area contributed by atoms with Gasteiger partial charge in [0.25, 0.3) is 5.56 Å². The number of fused-ring (bicyclic) bond motifs is 1. The summed E-state index contributed by atoms with van der Waals surface area (Å²) < 4.78 is 1.76. The Labute approximate surface area is 148 Å². The number of hydrogen-bond acceptors (Lipinski definition) is 5. The predicted octanol–water partition coefficient (Wildman–Crippen LogP) is 2.17. The molecule has 0 aliphatic carbocycles. The lowest BCUT2D eigenvalue weighted by molar-refractivity contribution is 0.175. The van der Waals surface area contributed by atoms with Crippen molar-refractivity contribution in [3.05, 3.63) is 51.4 Å². The molecule has 0 bridgehead atoms. The third-order valence-corrected chi connectivity index (χ3v) is 4.67. The zero-order chi connectivity index (χ0) is 18.0. The maximum absolute atomic E-state index is 12.9. The maximum Gasteiger partial charge on any atom is 0.259 e. The van der Waals surface area contributed by atoms with Crippen LogP contribution in [0, 0.1) is 13.8 Å². The van der Waals surface area contributed by atoms with Crippen molar-refractivity contribution in [1.29, 1.82) is 0 Å². The number of aliphatic hydroxyl groups is 1. The summed E-state index contributed by atoms with van der Waals surface area (Å²) in [5.41, 5.74) is 3.81. The van der Waals surface area contributed by atoms with Crippen LogP contribution in [0.2, 0.25) is 0 Å². The molecule has 25 heavy (non-hydrogen) atoms. The summed E-state index contributed by atoms with van der Waals surface area (Å²) in [7, 11) is 0. The molecule has 0 saturated carbocycles. The van der Waals surface area contributed by atoms with Crippen LogP contribution < -0.4 is 10.5 Å². The van der Waals surface area contributed by atoms with E-state index in [-0.39, 0.29) is 12.2 Å². The highest BCUT2D eigenvalue weighted by molar-refractivity contribution is 5.59. The van der Waals surface area contributed by atoms with Crippen LogP contribution in [0.5, 0.6) is 0 Å². The van der Waals surface area contributed by atoms with Gasteiger partial charge >= 0.3 is 0 Å². The summed E-state index contributed by atoms with van der Waals surface area (Å²) in [4.78, 5) is 22.0. The first kappa shape index (κ1) is 17.6. The Hall–Kier alpha value is -2.18. The van der Waals surface area contributed by atoms with Gasteiger partial charge in [-0.25, -0.2) is 4.98 Å². The summed E-state index contributed by atoms with van der Waals surface area (Å²) >= 11 is 0. The molecule has 0 atom stereocenters. The molecule has 0 unspecified atom stereocenters. The highest BCUT2D eigenvalue weighted by Crippen LogP contribution is 2.28. The van der Waals surface area contributed by atoms with Crippen LogP contribution >= 0.6 is 0 Å². The summed E-state index contributed by atoms with van der Waals surface area (Å²) in [5.74, 6) is 0.700. The summed E-state index contributed by atoms with van der Waals surface area (Å²) in [6.45, 7) is 8.01. The highest BCUT2D eigenvalue weighted by Gasteiger charge is 2.27. The van der Waals surface area contributed by atoms with Crippen molar-refractivity contribution in [2.24, 2.45) is 0 Å². The molecule has 6 heteroatoms. The molecule has 3 rings (SSSR count). The van der Waals surface area contributed by atoms with Crippen LogP contribution in [0.15, 0.2) is 29.1 Å². The molecular formula is C19H26N4O2. The monoisotopic (exact) mass is 342 g/mol. The molecule has 0 radical (unpaired) electrons. The minimum Gasteiger partial charge on any atom is -0.396 e. The van der Waals surface area contributed by atoms with Crippen LogP contribution in [0.3, 0.4) is 0 Å². The minimum atomic E-state index is 0.0383. The van der Waals surface area contributed by atoms with E-state index in [4.69, 9.17) is 10.1 Å². The summed E-state index contributed by atoms with van der Waals surface area (Å²) in [6, 6.07) is 8.23. The Balaban J connectivity index is 2.11. The standard InChI is InChI=1S/C19H26N4O2/c1-4-17-15(3)20-19-22(16-8-5-7-14(2)11-16)12-21(9-6-10-24)13-23(19)18(17)25/h5,7-8,11,24H,4,6,9-10,12-13H2,1-3H3. The van der Waals surface area contributed by atoms with Gasteiger partial charge in [-0.15, -0.1) is 0 Å². The maximum atomic E-state index is 12.9. The Morgan fingerprint density at radius 3 is 2.72 bits per heavy atom. The van der Waals surface area contributed by atoms with Crippen LogP contribution in [0.1, 0.15) is 30.2 Å². The Kier molecular flexibility index (Phi) is 5.20. The number of anilines is 2. The minimum absolute atomic E-state index is 0.0383. The second-order valence-corrected chi connectivity index (χ2v) is 6.58. The van der Waals surface area contributed by atoms with E-state index in [0.717, 1.165) is 23.5 Å². The number of benzene rings is 1. The van der Waals surface area contributed by atoms with E-state index in [0.29, 0.717) is 32.1 Å². The molecule has 134 valence electrons. The lowest BCUT2D eigenvalue weighted by Gasteiger charge is -2.38. The second-order valence-electron chi connectivity index (χ2n) is 6.58. The molecule has 2 heterocycles. The van der Waals surface area contributed by atoms with Crippen LogP contribution in [-0.2, 0) is 13.1 Å². The molecule has 0 saturated heterocycles. The van der Waals surface area contributed by atoms with Crippen molar-refractivity contribution >= 4 is 11.6 Å². The van der Waals surface area contributed by atoms with E-state index < -0.39 is 0 Å². The fourth-order valence-corrected chi connectivity index (χ4v) is 3.36. The zero-order valence-corrected chi connectivity index (χ0v) is 15.2. The normalized spacial score (nSPS) is 14.6. The van der Waals surface area contributed by atoms with E-state index in [1.165, 1.54) is 5.56 Å². The molecule has 1 aliphatic heterocycles. The van der Waals surface area contributed by atoms with E-state index in [2.05, 4.69) is 28.9 Å². The van der Waals surface area contributed by atoms with E-state index >= 15 is 0 Å². The molecular weight excluding hydrogens is 316 g/mol. The third-order valence-electron chi connectivity index (χ3n) is 4.67. The van der Waals surface area contributed by atoms with Gasteiger partial charge in [0, 0.05) is 30.1 Å². The second kappa shape index (κ2) is 7.37. The highest BCUT2D eigenvalue weighted by atomic mass is 16.3. The lowest BCUT2D eigenvalue weighted by Crippen LogP contribution is -2.48. The lowest BCUT2D eigenvalue weighted by atomic mass is 10.2. The SMILES string of the molecule is CCc1c(C)nc2n(c1=O)CN(CCCO)CN2c1cccc(C)c1. The first-order valence-corrected chi connectivity index (χ1v) is 8.83. The number of rotatable bonds is 5. The third kappa shape index (κ3) is 3.45. The first-order valence-electron chi connectivity index (χ1n) is 8.83. The molecule has 2 aromatic rings. The van der Waals surface area contributed by atoms with E-state index in [9.17, 15) is 4.79 Å². The fraction of sp³-hybridized carbons (Fsp3) is 0.474. The van der Waals surface area contributed by atoms with Gasteiger partial charge in [0.2, 0.25) is 5.95 Å². The van der Waals surface area contributed by atoms with Crippen molar-refractivity contribution in [3.63, 3.8) is 0 Å². The van der Waals surface area contributed by atoms with Crippen LogP contribution in [0.25, 0.3) is 0 Å². The number of aliphatic hydroxyl groups excluding tert-OH is 1. The molecule has 1 aromatic heterocycles. The number of aryl methyl sites for hydroxylation is 2. The topological polar surface area (TPSA) is 61.6 Å². The van der Waals surface area contributed by atoms with Crippen LogP contribution in [0.4, 0.5) is 11.6 Å². The van der Waals surface area contributed by atoms with Crippen molar-refractivity contribution in [2.45, 2.75) is 40.3 Å². The quantitative estimate of drug-likeness (QED) is 0.902. The Morgan fingerprint density at radius 1 is 1.24 bits per heavy atom. The van der Waals surface area contributed by atoms with Gasteiger partial charge in [-0.1, -0.05) is 19.1 Å². The van der Waals surface area contributed by atoms with Gasteiger partial charge < -0.3 is 5.11 Å². The van der Waals surface area contributed by atoms with Gasteiger partial charge in [0.15, 0.2) is 0 Å².